The zero-order valence-electron chi connectivity index (χ0n) is 19.4. The molecule has 2 heterocycles. The van der Waals surface area contributed by atoms with Crippen molar-refractivity contribution in [3.63, 3.8) is 0 Å². The Balaban J connectivity index is 1.83. The fraction of sp³-hybridized carbons (Fsp3) is 0.0357. The van der Waals surface area contributed by atoms with Crippen molar-refractivity contribution in [1.82, 2.24) is 4.57 Å². The topological polar surface area (TPSA) is 101 Å². The summed E-state index contributed by atoms with van der Waals surface area (Å²) in [7, 11) is 0. The Labute approximate surface area is 239 Å². The van der Waals surface area contributed by atoms with Gasteiger partial charge in [0.25, 0.3) is 11.5 Å². The highest BCUT2D eigenvalue weighted by molar-refractivity contribution is 9.10. The summed E-state index contributed by atoms with van der Waals surface area (Å²) in [5.41, 5.74) is 7.93. The number of hydrogen-bond acceptors (Lipinski definition) is 5. The number of carbonyl (C=O) groups is 1. The highest BCUT2D eigenvalue weighted by atomic mass is 79.9. The van der Waals surface area contributed by atoms with Gasteiger partial charge in [-0.1, -0.05) is 75.5 Å². The van der Waals surface area contributed by atoms with Crippen LogP contribution in [0.1, 0.15) is 17.0 Å². The lowest BCUT2D eigenvalue weighted by atomic mass is 9.83. The molecule has 1 atom stereocenters. The predicted molar refractivity (Wildman–Crippen MR) is 156 cm³/mol. The Morgan fingerprint density at radius 3 is 2.37 bits per heavy atom. The van der Waals surface area contributed by atoms with E-state index in [1.165, 1.54) is 4.57 Å². The van der Waals surface area contributed by atoms with Crippen molar-refractivity contribution in [2.75, 3.05) is 5.32 Å². The molecular weight excluding hydrogens is 607 g/mol. The van der Waals surface area contributed by atoms with Gasteiger partial charge < -0.3 is 11.1 Å². The predicted octanol–water partition coefficient (Wildman–Crippen LogP) is 5.05. The highest BCUT2D eigenvalue weighted by Gasteiger charge is 2.36. The number of benzene rings is 3. The SMILES string of the molecule is N#CC1=C(N)n2c(s/c(=C\c3ccccc3Cl)c2=O)=C(C(=O)Nc2ccc(Br)cc2)C1c1ccccc1Cl. The number of fused-ring (bicyclic) bond motifs is 1. The standard InChI is InChI=1S/C28H17BrCl2N4O2S/c29-16-9-11-17(12-10-16)34-26(36)24-23(18-6-2-4-8-21(18)31)19(14-32)25(33)35-27(37)22(38-28(24)35)13-15-5-1-3-7-20(15)30/h1-13,23H,33H2,(H,34,36)/b22-13-. The van der Waals surface area contributed by atoms with Crippen molar-refractivity contribution < 1.29 is 4.79 Å². The minimum absolute atomic E-state index is 0.0485. The molecule has 3 aromatic carbocycles. The Bertz CT molecular complexity index is 1850. The number of nitriles is 1. The number of nitrogens with one attached hydrogen (secondary N) is 1. The van der Waals surface area contributed by atoms with E-state index in [9.17, 15) is 14.9 Å². The molecule has 1 aliphatic rings. The van der Waals surface area contributed by atoms with Gasteiger partial charge in [0.2, 0.25) is 0 Å². The molecule has 6 nitrogen and oxygen atoms in total. The smallest absolute Gasteiger partial charge is 0.274 e. The second-order valence-corrected chi connectivity index (χ2v) is 11.1. The van der Waals surface area contributed by atoms with E-state index in [4.69, 9.17) is 28.9 Å². The molecule has 10 heteroatoms. The van der Waals surface area contributed by atoms with E-state index in [1.807, 2.05) is 6.07 Å². The van der Waals surface area contributed by atoms with Crippen LogP contribution in [0.5, 0.6) is 0 Å². The van der Waals surface area contributed by atoms with Gasteiger partial charge in [0, 0.05) is 20.2 Å². The number of aromatic nitrogens is 1. The third kappa shape index (κ3) is 4.70. The molecule has 0 saturated heterocycles. The molecule has 1 aliphatic heterocycles. The normalized spacial score (nSPS) is 15.3. The third-order valence-electron chi connectivity index (χ3n) is 6.02. The van der Waals surface area contributed by atoms with Crippen LogP contribution in [-0.2, 0) is 4.79 Å². The van der Waals surface area contributed by atoms with Crippen molar-refractivity contribution in [3.05, 3.63) is 124 Å². The minimum Gasteiger partial charge on any atom is -0.384 e. The quantitative estimate of drug-likeness (QED) is 0.332. The maximum absolute atomic E-state index is 13.9. The molecule has 0 spiro atoms. The van der Waals surface area contributed by atoms with Crippen LogP contribution in [0.4, 0.5) is 5.69 Å². The lowest BCUT2D eigenvalue weighted by Crippen LogP contribution is -2.40. The number of amides is 1. The van der Waals surface area contributed by atoms with Crippen LogP contribution in [0.15, 0.2) is 87.6 Å². The zero-order chi connectivity index (χ0) is 27.0. The van der Waals surface area contributed by atoms with E-state index < -0.39 is 17.4 Å². The monoisotopic (exact) mass is 622 g/mol. The van der Waals surface area contributed by atoms with E-state index in [1.54, 1.807) is 72.8 Å². The summed E-state index contributed by atoms with van der Waals surface area (Å²) in [4.78, 5) is 27.5. The van der Waals surface area contributed by atoms with Gasteiger partial charge in [-0.05, 0) is 53.6 Å². The molecule has 1 aromatic heterocycles. The van der Waals surface area contributed by atoms with Crippen molar-refractivity contribution in [1.29, 1.82) is 5.26 Å². The van der Waals surface area contributed by atoms with Gasteiger partial charge in [-0.3, -0.25) is 14.2 Å². The lowest BCUT2D eigenvalue weighted by molar-refractivity contribution is -0.111. The third-order valence-corrected chi connectivity index (χ3v) is 8.35. The Hall–Kier alpha value is -3.61. The first-order valence-corrected chi connectivity index (χ1v) is 13.6. The van der Waals surface area contributed by atoms with E-state index in [-0.39, 0.29) is 17.0 Å². The molecule has 1 unspecified atom stereocenters. The largest absolute Gasteiger partial charge is 0.384 e. The Kier molecular flexibility index (Phi) is 7.28. The van der Waals surface area contributed by atoms with Gasteiger partial charge in [0.1, 0.15) is 10.5 Å². The summed E-state index contributed by atoms with van der Waals surface area (Å²) >= 11 is 17.4. The van der Waals surface area contributed by atoms with Crippen LogP contribution in [0.25, 0.3) is 17.5 Å². The summed E-state index contributed by atoms with van der Waals surface area (Å²) in [6.07, 6.45) is 1.65. The minimum atomic E-state index is -0.893. The van der Waals surface area contributed by atoms with E-state index in [0.29, 0.717) is 36.1 Å². The van der Waals surface area contributed by atoms with Crippen LogP contribution in [0.3, 0.4) is 0 Å². The second-order valence-electron chi connectivity index (χ2n) is 8.32. The van der Waals surface area contributed by atoms with Crippen molar-refractivity contribution in [2.45, 2.75) is 5.92 Å². The Morgan fingerprint density at radius 1 is 1.05 bits per heavy atom. The maximum Gasteiger partial charge on any atom is 0.274 e. The van der Waals surface area contributed by atoms with Gasteiger partial charge in [-0.2, -0.15) is 5.26 Å². The highest BCUT2D eigenvalue weighted by Crippen LogP contribution is 2.39. The number of nitrogens with two attached hydrogens (primary N) is 1. The van der Waals surface area contributed by atoms with E-state index >= 15 is 0 Å². The molecule has 4 aromatic rings. The fourth-order valence-electron chi connectivity index (χ4n) is 4.25. The van der Waals surface area contributed by atoms with Crippen LogP contribution < -0.4 is 25.8 Å². The fourth-order valence-corrected chi connectivity index (χ4v) is 6.12. The van der Waals surface area contributed by atoms with Crippen LogP contribution >= 0.6 is 50.5 Å². The number of carbonyl (C=O) groups excluding carboxylic acids is 1. The molecule has 0 aliphatic carbocycles. The first kappa shape index (κ1) is 26.0. The number of hydrogen-bond donors (Lipinski definition) is 2. The number of halogens is 3. The molecule has 5 rings (SSSR count). The summed E-state index contributed by atoms with van der Waals surface area (Å²) in [5, 5.41) is 13.9. The molecule has 0 radical (unpaired) electrons. The molecule has 0 saturated carbocycles. The molecule has 38 heavy (non-hydrogen) atoms. The van der Waals surface area contributed by atoms with Crippen LogP contribution in [0, 0.1) is 11.3 Å². The molecule has 188 valence electrons. The van der Waals surface area contributed by atoms with Gasteiger partial charge in [-0.15, -0.1) is 11.3 Å². The van der Waals surface area contributed by atoms with E-state index in [0.717, 1.165) is 15.8 Å². The maximum atomic E-state index is 13.9. The summed E-state index contributed by atoms with van der Waals surface area (Å²) < 4.78 is 2.69. The van der Waals surface area contributed by atoms with Gasteiger partial charge >= 0.3 is 0 Å². The number of nitrogens with zero attached hydrogens (tertiary/aromatic N) is 2. The van der Waals surface area contributed by atoms with Gasteiger partial charge in [-0.25, -0.2) is 0 Å². The van der Waals surface area contributed by atoms with Crippen molar-refractivity contribution in [2.24, 2.45) is 5.73 Å². The number of rotatable bonds is 4. The zero-order valence-corrected chi connectivity index (χ0v) is 23.3. The molecule has 0 fully saturated rings. The summed E-state index contributed by atoms with van der Waals surface area (Å²) in [6.45, 7) is 0. The number of allylic oxidation sites excluding steroid dienone is 1. The molecule has 1 amide bonds. The first-order valence-electron chi connectivity index (χ1n) is 11.2. The van der Waals surface area contributed by atoms with Gasteiger partial charge in [0.15, 0.2) is 0 Å². The average Bonchev–Trinajstić information content (AvgIpc) is 3.22. The first-order chi connectivity index (χ1) is 18.3. The van der Waals surface area contributed by atoms with Gasteiger partial charge in [0.05, 0.1) is 27.7 Å². The molecule has 0 bridgehead atoms. The van der Waals surface area contributed by atoms with E-state index in [2.05, 4.69) is 27.3 Å². The lowest BCUT2D eigenvalue weighted by Gasteiger charge is -2.26. The number of thiazole rings is 1. The molecule has 3 N–H and O–H groups in total. The van der Waals surface area contributed by atoms with Crippen LogP contribution in [-0.4, -0.2) is 10.5 Å². The average molecular weight is 624 g/mol. The van der Waals surface area contributed by atoms with Crippen molar-refractivity contribution in [3.8, 4) is 6.07 Å². The summed E-state index contributed by atoms with van der Waals surface area (Å²) in [5.74, 6) is -1.43. The van der Waals surface area contributed by atoms with Crippen molar-refractivity contribution >= 4 is 79.5 Å². The number of anilines is 1. The van der Waals surface area contributed by atoms with Crippen LogP contribution in [0.2, 0.25) is 10.0 Å². The second kappa shape index (κ2) is 10.6. The Morgan fingerprint density at radius 2 is 1.71 bits per heavy atom. The molecular formula is C28H17BrCl2N4O2S. The summed E-state index contributed by atoms with van der Waals surface area (Å²) in [6, 6.07) is 23.2.